The number of hydrogen-bond acceptors (Lipinski definition) is 5. The molecule has 0 saturated carbocycles. The molecule has 1 unspecified atom stereocenters. The molecule has 1 aromatic carbocycles. The van der Waals surface area contributed by atoms with Gasteiger partial charge in [-0.05, 0) is 49.3 Å². The van der Waals surface area contributed by atoms with Crippen LogP contribution in [0.25, 0.3) is 0 Å². The Kier molecular flexibility index (Phi) is 7.71. The third-order valence-electron chi connectivity index (χ3n) is 3.16. The molecular weight excluding hydrogens is 330 g/mol. The Morgan fingerprint density at radius 1 is 1.29 bits per heavy atom. The summed E-state index contributed by atoms with van der Waals surface area (Å²) < 4.78 is 37.2. The van der Waals surface area contributed by atoms with Crippen LogP contribution in [-0.4, -0.2) is 34.1 Å². The van der Waals surface area contributed by atoms with Crippen molar-refractivity contribution < 1.29 is 22.7 Å². The summed E-state index contributed by atoms with van der Waals surface area (Å²) in [4.78, 5) is 11.8. The number of hydrogen-bond donors (Lipinski definition) is 1. The maximum atomic E-state index is 12.4. The van der Waals surface area contributed by atoms with Crippen molar-refractivity contribution in [1.29, 1.82) is 0 Å². The summed E-state index contributed by atoms with van der Waals surface area (Å²) in [5, 5.41) is 0. The largest absolute Gasteiger partial charge is 0.489 e. The van der Waals surface area contributed by atoms with Crippen LogP contribution in [0, 0.1) is 5.92 Å². The number of sulfonamides is 1. The van der Waals surface area contributed by atoms with Crippen LogP contribution in [0.5, 0.6) is 5.75 Å². The average Bonchev–Trinajstić information content (AvgIpc) is 2.56. The quantitative estimate of drug-likeness (QED) is 0.573. The predicted molar refractivity (Wildman–Crippen MR) is 91.2 cm³/mol. The van der Waals surface area contributed by atoms with Gasteiger partial charge >= 0.3 is 5.97 Å². The van der Waals surface area contributed by atoms with E-state index in [1.165, 1.54) is 19.2 Å². The Bertz CT molecular complexity index is 701. The van der Waals surface area contributed by atoms with E-state index in [2.05, 4.69) is 15.2 Å². The van der Waals surface area contributed by atoms with Gasteiger partial charge in [-0.15, -0.1) is 5.73 Å². The summed E-state index contributed by atoms with van der Waals surface area (Å²) in [7, 11) is -2.61. The third-order valence-corrected chi connectivity index (χ3v) is 4.61. The topological polar surface area (TPSA) is 81.7 Å². The highest BCUT2D eigenvalue weighted by molar-refractivity contribution is 7.89. The molecule has 24 heavy (non-hydrogen) atoms. The molecule has 7 heteroatoms. The van der Waals surface area contributed by atoms with Crippen molar-refractivity contribution in [2.75, 3.05) is 13.7 Å². The van der Waals surface area contributed by atoms with Gasteiger partial charge in [0, 0.05) is 0 Å². The van der Waals surface area contributed by atoms with Gasteiger partial charge in [-0.1, -0.05) is 13.8 Å². The van der Waals surface area contributed by atoms with Crippen LogP contribution in [-0.2, 0) is 19.6 Å². The lowest BCUT2D eigenvalue weighted by Gasteiger charge is -2.19. The molecule has 1 N–H and O–H groups in total. The third kappa shape index (κ3) is 5.85. The lowest BCUT2D eigenvalue weighted by atomic mass is 10.1. The van der Waals surface area contributed by atoms with E-state index in [9.17, 15) is 13.2 Å². The summed E-state index contributed by atoms with van der Waals surface area (Å²) in [5.74, 6) is -0.325. The van der Waals surface area contributed by atoms with Crippen molar-refractivity contribution in [1.82, 2.24) is 4.72 Å². The Morgan fingerprint density at radius 2 is 1.92 bits per heavy atom. The van der Waals surface area contributed by atoms with Gasteiger partial charge in [0.05, 0.1) is 12.0 Å². The van der Waals surface area contributed by atoms with Crippen LogP contribution in [0.15, 0.2) is 47.0 Å². The first-order chi connectivity index (χ1) is 11.3. The highest BCUT2D eigenvalue weighted by Crippen LogP contribution is 2.17. The summed E-state index contributed by atoms with van der Waals surface area (Å²) >= 11 is 0. The van der Waals surface area contributed by atoms with Crippen LogP contribution < -0.4 is 9.46 Å². The normalized spacial score (nSPS) is 12.2. The Hall–Kier alpha value is -2.08. The van der Waals surface area contributed by atoms with Gasteiger partial charge in [-0.2, -0.15) is 4.72 Å². The van der Waals surface area contributed by atoms with Crippen LogP contribution in [0.2, 0.25) is 0 Å². The lowest BCUT2D eigenvalue weighted by Crippen LogP contribution is -2.44. The van der Waals surface area contributed by atoms with E-state index in [1.807, 2.05) is 6.92 Å². The first-order valence-electron chi connectivity index (χ1n) is 7.50. The Morgan fingerprint density at radius 3 is 2.42 bits per heavy atom. The second-order valence-electron chi connectivity index (χ2n) is 5.31. The first-order valence-corrected chi connectivity index (χ1v) is 8.98. The monoisotopic (exact) mass is 353 g/mol. The molecule has 1 atom stereocenters. The van der Waals surface area contributed by atoms with E-state index in [1.54, 1.807) is 38.1 Å². The van der Waals surface area contributed by atoms with E-state index in [0.29, 0.717) is 12.4 Å². The zero-order chi connectivity index (χ0) is 18.2. The fourth-order valence-electron chi connectivity index (χ4n) is 1.84. The van der Waals surface area contributed by atoms with Crippen LogP contribution in [0.1, 0.15) is 20.8 Å². The summed E-state index contributed by atoms with van der Waals surface area (Å²) in [5.41, 5.74) is 2.88. The summed E-state index contributed by atoms with van der Waals surface area (Å²) in [6.07, 6.45) is 3.48. The molecule has 0 bridgehead atoms. The minimum atomic E-state index is -3.84. The fourth-order valence-corrected chi connectivity index (χ4v) is 3.17. The molecule has 0 saturated heterocycles. The smallest absolute Gasteiger partial charge is 0.324 e. The van der Waals surface area contributed by atoms with Gasteiger partial charge in [-0.3, -0.25) is 4.79 Å². The molecule has 0 aliphatic carbocycles. The first kappa shape index (κ1) is 20.0. The number of benzene rings is 1. The number of ether oxygens (including phenoxy) is 2. The molecule has 0 fully saturated rings. The van der Waals surface area contributed by atoms with Gasteiger partial charge in [0.2, 0.25) is 10.0 Å². The lowest BCUT2D eigenvalue weighted by molar-refractivity contribution is -0.143. The van der Waals surface area contributed by atoms with Crippen LogP contribution in [0.4, 0.5) is 0 Å². The maximum Gasteiger partial charge on any atom is 0.324 e. The van der Waals surface area contributed by atoms with Gasteiger partial charge < -0.3 is 9.47 Å². The molecule has 1 aromatic rings. The van der Waals surface area contributed by atoms with Crippen molar-refractivity contribution in [3.05, 3.63) is 42.1 Å². The van der Waals surface area contributed by atoms with Gasteiger partial charge in [0.15, 0.2) is 0 Å². The molecule has 0 heterocycles. The zero-order valence-corrected chi connectivity index (χ0v) is 15.1. The molecular formula is C17H23NO5S. The molecule has 0 radical (unpaired) electrons. The number of methoxy groups -OCH3 is 1. The summed E-state index contributed by atoms with van der Waals surface area (Å²) in [6.45, 7) is 5.66. The Labute approximate surface area is 143 Å². The molecule has 0 aliphatic heterocycles. The molecule has 6 nitrogen and oxygen atoms in total. The van der Waals surface area contributed by atoms with E-state index in [4.69, 9.17) is 4.74 Å². The number of esters is 1. The number of nitrogens with one attached hydrogen (secondary N) is 1. The van der Waals surface area contributed by atoms with Crippen molar-refractivity contribution >= 4 is 16.0 Å². The molecule has 0 aliphatic rings. The molecule has 0 amide bonds. The average molecular weight is 353 g/mol. The van der Waals surface area contributed by atoms with Gasteiger partial charge in [0.25, 0.3) is 0 Å². The van der Waals surface area contributed by atoms with E-state index < -0.39 is 22.0 Å². The zero-order valence-electron chi connectivity index (χ0n) is 14.3. The minimum Gasteiger partial charge on any atom is -0.489 e. The van der Waals surface area contributed by atoms with Crippen molar-refractivity contribution in [3.8, 4) is 5.75 Å². The molecule has 132 valence electrons. The van der Waals surface area contributed by atoms with Gasteiger partial charge in [-0.25, -0.2) is 8.42 Å². The predicted octanol–water partition coefficient (Wildman–Crippen LogP) is 2.27. The summed E-state index contributed by atoms with van der Waals surface area (Å²) in [6, 6.07) is 5.01. The fraction of sp³-hybridized carbons (Fsp3) is 0.412. The second kappa shape index (κ2) is 9.27. The maximum absolute atomic E-state index is 12.4. The van der Waals surface area contributed by atoms with Crippen molar-refractivity contribution in [2.24, 2.45) is 5.92 Å². The molecule has 0 aromatic heterocycles. The SMILES string of the molecule is CC=C=CCOc1ccc(S(=O)(=O)NC(C(=O)OC)C(C)C)cc1. The van der Waals surface area contributed by atoms with E-state index in [0.717, 1.165) is 0 Å². The van der Waals surface area contributed by atoms with E-state index >= 15 is 0 Å². The molecule has 1 rings (SSSR count). The van der Waals surface area contributed by atoms with Crippen LogP contribution in [0.3, 0.4) is 0 Å². The van der Waals surface area contributed by atoms with Crippen LogP contribution >= 0.6 is 0 Å². The number of carbonyl (C=O) groups excluding carboxylic acids is 1. The minimum absolute atomic E-state index is 0.0494. The van der Waals surface area contributed by atoms with Crippen molar-refractivity contribution in [3.63, 3.8) is 0 Å². The highest BCUT2D eigenvalue weighted by Gasteiger charge is 2.29. The molecule has 0 spiro atoms. The highest BCUT2D eigenvalue weighted by atomic mass is 32.2. The second-order valence-corrected chi connectivity index (χ2v) is 7.02. The Balaban J connectivity index is 2.87. The van der Waals surface area contributed by atoms with E-state index in [-0.39, 0.29) is 10.8 Å². The van der Waals surface area contributed by atoms with Gasteiger partial charge in [0.1, 0.15) is 18.4 Å². The van der Waals surface area contributed by atoms with Crippen molar-refractivity contribution in [2.45, 2.75) is 31.7 Å². The number of carbonyl (C=O) groups is 1. The standard InChI is InChI=1S/C17H23NO5S/c1-5-6-7-12-23-14-8-10-15(11-9-14)24(20,21)18-16(13(2)3)17(19)22-4/h5,7-11,13,16,18H,12H2,1-4H3. The number of rotatable bonds is 8.